The van der Waals surface area contributed by atoms with Crippen molar-refractivity contribution in [2.24, 2.45) is 0 Å². The molecule has 0 aromatic heterocycles. The van der Waals surface area contributed by atoms with Crippen LogP contribution in [0.5, 0.6) is 0 Å². The Morgan fingerprint density at radius 1 is 1.53 bits per heavy atom. The zero-order valence-corrected chi connectivity index (χ0v) is 12.4. The molecule has 19 heavy (non-hydrogen) atoms. The van der Waals surface area contributed by atoms with Crippen LogP contribution in [0.4, 0.5) is 5.69 Å². The van der Waals surface area contributed by atoms with E-state index >= 15 is 0 Å². The van der Waals surface area contributed by atoms with Gasteiger partial charge in [0, 0.05) is 24.7 Å². The first-order valence-electron chi connectivity index (χ1n) is 7.15. The summed E-state index contributed by atoms with van der Waals surface area (Å²) in [5.41, 5.74) is 3.77. The van der Waals surface area contributed by atoms with Gasteiger partial charge in [-0.2, -0.15) is 0 Å². The van der Waals surface area contributed by atoms with E-state index in [1.165, 1.54) is 11.1 Å². The number of carbonyl (C=O) groups excluding carboxylic acids is 1. The van der Waals surface area contributed by atoms with E-state index in [4.69, 9.17) is 0 Å². The number of likely N-dealkylation sites (N-methyl/N-ethyl adjacent to an activating group) is 1. The molecule has 2 atom stereocenters. The topological polar surface area (TPSA) is 32.3 Å². The van der Waals surface area contributed by atoms with Crippen molar-refractivity contribution in [1.29, 1.82) is 0 Å². The SMILES string of the molecule is CCC(Cc1ccc2c(c1)CC(C)N2C(C)=O)NC. The normalized spacial score (nSPS) is 19.4. The van der Waals surface area contributed by atoms with Crippen LogP contribution >= 0.6 is 0 Å². The zero-order chi connectivity index (χ0) is 14.0. The molecule has 0 fully saturated rings. The zero-order valence-electron chi connectivity index (χ0n) is 12.4. The Kier molecular flexibility index (Phi) is 4.25. The Balaban J connectivity index is 2.22. The monoisotopic (exact) mass is 260 g/mol. The van der Waals surface area contributed by atoms with Crippen LogP contribution in [0.2, 0.25) is 0 Å². The van der Waals surface area contributed by atoms with Crippen LogP contribution in [0.25, 0.3) is 0 Å². The summed E-state index contributed by atoms with van der Waals surface area (Å²) >= 11 is 0. The van der Waals surface area contributed by atoms with Gasteiger partial charge in [0.2, 0.25) is 5.91 Å². The van der Waals surface area contributed by atoms with Crippen LogP contribution in [0.1, 0.15) is 38.3 Å². The minimum absolute atomic E-state index is 0.139. The molecule has 0 bridgehead atoms. The third-order valence-corrected chi connectivity index (χ3v) is 4.08. The van der Waals surface area contributed by atoms with Gasteiger partial charge in [-0.3, -0.25) is 4.79 Å². The minimum Gasteiger partial charge on any atom is -0.317 e. The van der Waals surface area contributed by atoms with Crippen molar-refractivity contribution in [3.8, 4) is 0 Å². The molecule has 0 aliphatic carbocycles. The fourth-order valence-electron chi connectivity index (χ4n) is 3.03. The molecule has 2 rings (SSSR count). The number of fused-ring (bicyclic) bond motifs is 1. The number of hydrogen-bond acceptors (Lipinski definition) is 2. The predicted octanol–water partition coefficient (Wildman–Crippen LogP) is 2.52. The van der Waals surface area contributed by atoms with E-state index in [1.54, 1.807) is 6.92 Å². The summed E-state index contributed by atoms with van der Waals surface area (Å²) in [5.74, 6) is 0.139. The van der Waals surface area contributed by atoms with Crippen molar-refractivity contribution >= 4 is 11.6 Å². The van der Waals surface area contributed by atoms with Gasteiger partial charge in [-0.05, 0) is 50.4 Å². The third-order valence-electron chi connectivity index (χ3n) is 4.08. The highest BCUT2D eigenvalue weighted by atomic mass is 16.2. The fraction of sp³-hybridized carbons (Fsp3) is 0.562. The molecule has 1 aliphatic heterocycles. The molecule has 1 aromatic carbocycles. The van der Waals surface area contributed by atoms with Crippen molar-refractivity contribution in [1.82, 2.24) is 5.32 Å². The molecule has 104 valence electrons. The van der Waals surface area contributed by atoms with Crippen LogP contribution in [-0.4, -0.2) is 25.0 Å². The number of hydrogen-bond donors (Lipinski definition) is 1. The Morgan fingerprint density at radius 2 is 2.26 bits per heavy atom. The van der Waals surface area contributed by atoms with Crippen molar-refractivity contribution in [2.75, 3.05) is 11.9 Å². The first-order valence-corrected chi connectivity index (χ1v) is 7.15. The number of nitrogens with one attached hydrogen (secondary N) is 1. The van der Waals surface area contributed by atoms with Gasteiger partial charge in [0.15, 0.2) is 0 Å². The second-order valence-electron chi connectivity index (χ2n) is 5.50. The molecule has 0 saturated carbocycles. The van der Waals surface area contributed by atoms with Gasteiger partial charge in [0.25, 0.3) is 0 Å². The van der Waals surface area contributed by atoms with Gasteiger partial charge in [-0.1, -0.05) is 19.1 Å². The summed E-state index contributed by atoms with van der Waals surface area (Å²) in [6, 6.07) is 7.36. The molecular weight excluding hydrogens is 236 g/mol. The molecule has 1 amide bonds. The van der Waals surface area contributed by atoms with Crippen molar-refractivity contribution in [2.45, 2.75) is 52.1 Å². The molecule has 0 radical (unpaired) electrons. The van der Waals surface area contributed by atoms with Gasteiger partial charge in [0.05, 0.1) is 0 Å². The maximum atomic E-state index is 11.7. The maximum Gasteiger partial charge on any atom is 0.224 e. The van der Waals surface area contributed by atoms with Crippen molar-refractivity contribution < 1.29 is 4.79 Å². The Bertz CT molecular complexity index is 466. The van der Waals surface area contributed by atoms with Crippen molar-refractivity contribution in [3.63, 3.8) is 0 Å². The number of nitrogens with zero attached hydrogens (tertiary/aromatic N) is 1. The standard InChI is InChI=1S/C16H24N2O/c1-5-15(17-4)10-13-6-7-16-14(9-13)8-11(2)18(16)12(3)19/h6-7,9,11,15,17H,5,8,10H2,1-4H3. The molecule has 3 nitrogen and oxygen atoms in total. The number of rotatable bonds is 4. The van der Waals surface area contributed by atoms with E-state index in [0.717, 1.165) is 24.9 Å². The summed E-state index contributed by atoms with van der Waals surface area (Å²) in [6.45, 7) is 5.96. The first-order chi connectivity index (χ1) is 9.06. The third kappa shape index (κ3) is 2.81. The van der Waals surface area contributed by atoms with E-state index < -0.39 is 0 Å². The Morgan fingerprint density at radius 3 is 2.84 bits per heavy atom. The Labute approximate surface area is 116 Å². The Hall–Kier alpha value is -1.35. The fourth-order valence-corrected chi connectivity index (χ4v) is 3.03. The van der Waals surface area contributed by atoms with E-state index in [1.807, 2.05) is 11.9 Å². The van der Waals surface area contributed by atoms with E-state index in [0.29, 0.717) is 6.04 Å². The van der Waals surface area contributed by atoms with Crippen LogP contribution in [0.15, 0.2) is 18.2 Å². The van der Waals surface area contributed by atoms with E-state index in [9.17, 15) is 4.79 Å². The van der Waals surface area contributed by atoms with Crippen molar-refractivity contribution in [3.05, 3.63) is 29.3 Å². The molecular formula is C16H24N2O. The maximum absolute atomic E-state index is 11.7. The van der Waals surface area contributed by atoms with E-state index in [-0.39, 0.29) is 11.9 Å². The predicted molar refractivity (Wildman–Crippen MR) is 79.6 cm³/mol. The summed E-state index contributed by atoms with van der Waals surface area (Å²) < 4.78 is 0. The lowest BCUT2D eigenvalue weighted by atomic mass is 10.0. The highest BCUT2D eigenvalue weighted by molar-refractivity contribution is 5.94. The van der Waals surface area contributed by atoms with Crippen LogP contribution in [0, 0.1) is 0 Å². The van der Waals surface area contributed by atoms with E-state index in [2.05, 4.69) is 37.4 Å². The average Bonchev–Trinajstić information content (AvgIpc) is 2.70. The molecule has 0 saturated heterocycles. The first kappa shape index (κ1) is 14.1. The molecule has 1 heterocycles. The summed E-state index contributed by atoms with van der Waals surface area (Å²) in [6.07, 6.45) is 3.15. The lowest BCUT2D eigenvalue weighted by molar-refractivity contribution is -0.116. The van der Waals surface area contributed by atoms with Crippen LogP contribution in [0.3, 0.4) is 0 Å². The minimum atomic E-state index is 0.139. The van der Waals surface area contributed by atoms with Gasteiger partial charge < -0.3 is 10.2 Å². The van der Waals surface area contributed by atoms with Gasteiger partial charge in [-0.15, -0.1) is 0 Å². The molecule has 0 spiro atoms. The lowest BCUT2D eigenvalue weighted by Gasteiger charge is -2.21. The smallest absolute Gasteiger partial charge is 0.224 e. The second-order valence-corrected chi connectivity index (χ2v) is 5.50. The molecule has 1 N–H and O–H groups in total. The van der Waals surface area contributed by atoms with Crippen LogP contribution < -0.4 is 10.2 Å². The molecule has 1 aromatic rings. The average molecular weight is 260 g/mol. The quantitative estimate of drug-likeness (QED) is 0.902. The second kappa shape index (κ2) is 5.74. The highest BCUT2D eigenvalue weighted by Crippen LogP contribution is 2.33. The van der Waals surface area contributed by atoms with Gasteiger partial charge in [0.1, 0.15) is 0 Å². The highest BCUT2D eigenvalue weighted by Gasteiger charge is 2.28. The van der Waals surface area contributed by atoms with Crippen LogP contribution in [-0.2, 0) is 17.6 Å². The number of amides is 1. The van der Waals surface area contributed by atoms with Gasteiger partial charge in [-0.25, -0.2) is 0 Å². The lowest BCUT2D eigenvalue weighted by Crippen LogP contribution is -2.33. The molecule has 3 heteroatoms. The summed E-state index contributed by atoms with van der Waals surface area (Å²) in [7, 11) is 2.01. The number of carbonyl (C=O) groups is 1. The largest absolute Gasteiger partial charge is 0.317 e. The molecule has 2 unspecified atom stereocenters. The number of benzene rings is 1. The summed E-state index contributed by atoms with van der Waals surface area (Å²) in [5, 5.41) is 3.34. The number of anilines is 1. The molecule has 1 aliphatic rings. The summed E-state index contributed by atoms with van der Waals surface area (Å²) in [4.78, 5) is 13.6. The van der Waals surface area contributed by atoms with Gasteiger partial charge >= 0.3 is 0 Å².